The zero-order valence-corrected chi connectivity index (χ0v) is 10.0. The number of aliphatic hydroxyl groups excluding tert-OH is 1. The van der Waals surface area contributed by atoms with Crippen LogP contribution in [0.25, 0.3) is 0 Å². The predicted octanol–water partition coefficient (Wildman–Crippen LogP) is 1.93. The van der Waals surface area contributed by atoms with E-state index in [0.717, 1.165) is 12.8 Å². The standard InChI is InChI=1S/C14H18O3/c1-10-13(15)9-12(17-14(10)16)8-7-11-5-3-2-4-6-11/h2-6,10,12-13,15H,7-9H2,1H3/t10-,12-,13+/m0/s1. The molecule has 3 atom stereocenters. The lowest BCUT2D eigenvalue weighted by molar-refractivity contribution is -0.168. The fourth-order valence-corrected chi connectivity index (χ4v) is 2.10. The summed E-state index contributed by atoms with van der Waals surface area (Å²) < 4.78 is 5.29. The van der Waals surface area contributed by atoms with Gasteiger partial charge >= 0.3 is 5.97 Å². The number of hydrogen-bond donors (Lipinski definition) is 1. The van der Waals surface area contributed by atoms with Gasteiger partial charge in [-0.15, -0.1) is 0 Å². The second-order valence-corrected chi connectivity index (χ2v) is 4.67. The van der Waals surface area contributed by atoms with Gasteiger partial charge in [-0.25, -0.2) is 0 Å². The Hall–Kier alpha value is -1.35. The third kappa shape index (κ3) is 3.07. The molecule has 0 bridgehead atoms. The Kier molecular flexibility index (Phi) is 3.79. The highest BCUT2D eigenvalue weighted by molar-refractivity contribution is 5.73. The average Bonchev–Trinajstić information content (AvgIpc) is 2.34. The number of carbonyl (C=O) groups is 1. The number of rotatable bonds is 3. The summed E-state index contributed by atoms with van der Waals surface area (Å²) in [5.74, 6) is -0.662. The molecule has 3 nitrogen and oxygen atoms in total. The molecule has 0 radical (unpaired) electrons. The summed E-state index contributed by atoms with van der Waals surface area (Å²) in [6.07, 6.45) is 1.50. The van der Waals surface area contributed by atoms with Crippen LogP contribution in [0.5, 0.6) is 0 Å². The van der Waals surface area contributed by atoms with E-state index in [9.17, 15) is 9.90 Å². The highest BCUT2D eigenvalue weighted by Gasteiger charge is 2.33. The molecule has 1 aromatic carbocycles. The molecule has 1 aromatic rings. The van der Waals surface area contributed by atoms with Crippen LogP contribution in [-0.2, 0) is 16.0 Å². The van der Waals surface area contributed by atoms with E-state index in [-0.39, 0.29) is 18.0 Å². The van der Waals surface area contributed by atoms with Crippen molar-refractivity contribution in [1.29, 1.82) is 0 Å². The molecule has 3 heteroatoms. The number of esters is 1. The van der Waals surface area contributed by atoms with Crippen LogP contribution in [0.15, 0.2) is 30.3 Å². The Morgan fingerprint density at radius 3 is 2.71 bits per heavy atom. The van der Waals surface area contributed by atoms with Crippen LogP contribution in [0.2, 0.25) is 0 Å². The zero-order chi connectivity index (χ0) is 12.3. The molecule has 0 spiro atoms. The van der Waals surface area contributed by atoms with Gasteiger partial charge in [0, 0.05) is 6.42 Å². The van der Waals surface area contributed by atoms with Crippen molar-refractivity contribution in [2.24, 2.45) is 5.92 Å². The lowest BCUT2D eigenvalue weighted by Crippen LogP contribution is -2.39. The summed E-state index contributed by atoms with van der Waals surface area (Å²) in [4.78, 5) is 11.4. The predicted molar refractivity (Wildman–Crippen MR) is 64.4 cm³/mol. The minimum Gasteiger partial charge on any atom is -0.462 e. The normalized spacial score (nSPS) is 28.8. The van der Waals surface area contributed by atoms with Gasteiger partial charge in [-0.2, -0.15) is 0 Å². The second-order valence-electron chi connectivity index (χ2n) is 4.67. The number of cyclic esters (lactones) is 1. The maximum Gasteiger partial charge on any atom is 0.311 e. The van der Waals surface area contributed by atoms with Crippen LogP contribution >= 0.6 is 0 Å². The molecule has 1 N–H and O–H groups in total. The first kappa shape index (κ1) is 12.1. The van der Waals surface area contributed by atoms with E-state index < -0.39 is 6.10 Å². The van der Waals surface area contributed by atoms with Crippen molar-refractivity contribution in [1.82, 2.24) is 0 Å². The smallest absolute Gasteiger partial charge is 0.311 e. The largest absolute Gasteiger partial charge is 0.462 e. The lowest BCUT2D eigenvalue weighted by Gasteiger charge is -2.30. The first-order valence-corrected chi connectivity index (χ1v) is 6.09. The molecule has 2 rings (SSSR count). The number of aliphatic hydroxyl groups is 1. The van der Waals surface area contributed by atoms with Gasteiger partial charge in [0.25, 0.3) is 0 Å². The molecule has 0 saturated carbocycles. The monoisotopic (exact) mass is 234 g/mol. The summed E-state index contributed by atoms with van der Waals surface area (Å²) in [6.45, 7) is 1.71. The summed E-state index contributed by atoms with van der Waals surface area (Å²) in [7, 11) is 0. The zero-order valence-electron chi connectivity index (χ0n) is 10.0. The Morgan fingerprint density at radius 2 is 2.06 bits per heavy atom. The highest BCUT2D eigenvalue weighted by Crippen LogP contribution is 2.23. The topological polar surface area (TPSA) is 46.5 Å². The Bertz CT molecular complexity index is 374. The van der Waals surface area contributed by atoms with E-state index in [1.165, 1.54) is 5.56 Å². The number of carbonyl (C=O) groups excluding carboxylic acids is 1. The minimum absolute atomic E-state index is 0.145. The molecule has 1 aliphatic rings. The van der Waals surface area contributed by atoms with Gasteiger partial charge in [0.1, 0.15) is 6.10 Å². The van der Waals surface area contributed by atoms with E-state index in [2.05, 4.69) is 12.1 Å². The molecule has 0 unspecified atom stereocenters. The quantitative estimate of drug-likeness (QED) is 0.813. The van der Waals surface area contributed by atoms with Crippen LogP contribution in [-0.4, -0.2) is 23.3 Å². The molecule has 17 heavy (non-hydrogen) atoms. The third-order valence-electron chi connectivity index (χ3n) is 3.33. The van der Waals surface area contributed by atoms with E-state index in [0.29, 0.717) is 6.42 Å². The summed E-state index contributed by atoms with van der Waals surface area (Å²) in [5.41, 5.74) is 1.23. The van der Waals surface area contributed by atoms with Gasteiger partial charge in [-0.1, -0.05) is 30.3 Å². The lowest BCUT2D eigenvalue weighted by atomic mass is 9.93. The SMILES string of the molecule is C[C@@H]1C(=O)O[C@@H](CCc2ccccc2)C[C@H]1O. The van der Waals surface area contributed by atoms with Crippen LogP contribution < -0.4 is 0 Å². The Morgan fingerprint density at radius 1 is 1.35 bits per heavy atom. The minimum atomic E-state index is -0.558. The number of hydrogen-bond acceptors (Lipinski definition) is 3. The first-order valence-electron chi connectivity index (χ1n) is 6.09. The highest BCUT2D eigenvalue weighted by atomic mass is 16.5. The van der Waals surface area contributed by atoms with Crippen molar-refractivity contribution in [3.8, 4) is 0 Å². The average molecular weight is 234 g/mol. The molecule has 92 valence electrons. The number of aryl methyl sites for hydroxylation is 1. The van der Waals surface area contributed by atoms with Crippen molar-refractivity contribution in [3.63, 3.8) is 0 Å². The van der Waals surface area contributed by atoms with Gasteiger partial charge in [-0.3, -0.25) is 4.79 Å². The van der Waals surface area contributed by atoms with E-state index >= 15 is 0 Å². The molecule has 0 amide bonds. The van der Waals surface area contributed by atoms with Crippen LogP contribution in [0.4, 0.5) is 0 Å². The second kappa shape index (κ2) is 5.32. The van der Waals surface area contributed by atoms with Gasteiger partial charge in [-0.05, 0) is 25.3 Å². The van der Waals surface area contributed by atoms with Crippen molar-refractivity contribution in [2.45, 2.75) is 38.4 Å². The van der Waals surface area contributed by atoms with E-state index in [1.54, 1.807) is 6.92 Å². The van der Waals surface area contributed by atoms with E-state index in [4.69, 9.17) is 4.74 Å². The Labute approximate surface area is 101 Å². The molecule has 1 heterocycles. The summed E-state index contributed by atoms with van der Waals surface area (Å²) >= 11 is 0. The van der Waals surface area contributed by atoms with Gasteiger partial charge in [0.15, 0.2) is 0 Å². The van der Waals surface area contributed by atoms with Crippen LogP contribution in [0.1, 0.15) is 25.3 Å². The Balaban J connectivity index is 1.86. The van der Waals surface area contributed by atoms with E-state index in [1.807, 2.05) is 18.2 Å². The third-order valence-corrected chi connectivity index (χ3v) is 3.33. The van der Waals surface area contributed by atoms with Gasteiger partial charge in [0.2, 0.25) is 0 Å². The van der Waals surface area contributed by atoms with Gasteiger partial charge in [0.05, 0.1) is 12.0 Å². The van der Waals surface area contributed by atoms with Gasteiger partial charge < -0.3 is 9.84 Å². The molecule has 1 aliphatic heterocycles. The van der Waals surface area contributed by atoms with Crippen molar-refractivity contribution in [2.75, 3.05) is 0 Å². The van der Waals surface area contributed by atoms with Crippen molar-refractivity contribution >= 4 is 5.97 Å². The van der Waals surface area contributed by atoms with Crippen molar-refractivity contribution < 1.29 is 14.6 Å². The molecule has 0 aromatic heterocycles. The summed E-state index contributed by atoms with van der Waals surface area (Å²) in [5, 5.41) is 9.71. The first-order chi connectivity index (χ1) is 8.16. The molecular formula is C14H18O3. The van der Waals surface area contributed by atoms with Crippen LogP contribution in [0, 0.1) is 5.92 Å². The number of benzene rings is 1. The fourth-order valence-electron chi connectivity index (χ4n) is 2.10. The molecular weight excluding hydrogens is 216 g/mol. The molecule has 1 fully saturated rings. The maximum absolute atomic E-state index is 11.4. The van der Waals surface area contributed by atoms with Crippen LogP contribution in [0.3, 0.4) is 0 Å². The summed E-state index contributed by atoms with van der Waals surface area (Å²) in [6, 6.07) is 10.1. The molecule has 0 aliphatic carbocycles. The molecule has 1 saturated heterocycles. The number of ether oxygens (including phenoxy) is 1. The maximum atomic E-state index is 11.4. The fraction of sp³-hybridized carbons (Fsp3) is 0.500. The van der Waals surface area contributed by atoms with Crippen molar-refractivity contribution in [3.05, 3.63) is 35.9 Å².